The third-order valence-electron chi connectivity index (χ3n) is 3.62. The summed E-state index contributed by atoms with van der Waals surface area (Å²) in [6, 6.07) is 7.72. The smallest absolute Gasteiger partial charge is 0.214 e. The lowest BCUT2D eigenvalue weighted by molar-refractivity contribution is 0.374. The molecular formula is C15H22ClNO3S. The number of hydrogen-bond donors (Lipinski definition) is 0. The Morgan fingerprint density at radius 3 is 2.62 bits per heavy atom. The first-order chi connectivity index (χ1) is 10.1. The Morgan fingerprint density at radius 2 is 2.00 bits per heavy atom. The van der Waals surface area contributed by atoms with E-state index in [1.807, 2.05) is 24.3 Å². The first kappa shape index (κ1) is 16.6. The van der Waals surface area contributed by atoms with Crippen LogP contribution in [-0.2, 0) is 16.6 Å². The van der Waals surface area contributed by atoms with Gasteiger partial charge in [-0.2, -0.15) is 4.31 Å². The Labute approximate surface area is 132 Å². The summed E-state index contributed by atoms with van der Waals surface area (Å²) in [7, 11) is -1.63. The lowest BCUT2D eigenvalue weighted by Crippen LogP contribution is -2.34. The molecule has 1 aliphatic rings. The standard InChI is InChI=1S/C15H22ClNO3S/c1-20-15-7-3-2-6-13(15)12-17(14-8-9-14)21(18,19)11-5-4-10-16/h2-3,6-7,14H,4-5,8-12H2,1H3. The molecule has 1 aromatic rings. The Morgan fingerprint density at radius 1 is 1.29 bits per heavy atom. The minimum absolute atomic E-state index is 0.149. The number of nitrogens with zero attached hydrogens (tertiary/aromatic N) is 1. The molecule has 0 aliphatic heterocycles. The molecule has 6 heteroatoms. The van der Waals surface area contributed by atoms with Gasteiger partial charge >= 0.3 is 0 Å². The first-order valence-corrected chi connectivity index (χ1v) is 9.40. The fraction of sp³-hybridized carbons (Fsp3) is 0.600. The predicted molar refractivity (Wildman–Crippen MR) is 85.3 cm³/mol. The van der Waals surface area contributed by atoms with E-state index in [9.17, 15) is 8.42 Å². The summed E-state index contributed by atoms with van der Waals surface area (Å²) >= 11 is 5.63. The topological polar surface area (TPSA) is 46.6 Å². The minimum Gasteiger partial charge on any atom is -0.496 e. The van der Waals surface area contributed by atoms with Crippen LogP contribution in [0.1, 0.15) is 31.2 Å². The zero-order valence-corrected chi connectivity index (χ0v) is 13.9. The molecule has 1 fully saturated rings. The maximum atomic E-state index is 12.5. The van der Waals surface area contributed by atoms with Gasteiger partial charge in [-0.3, -0.25) is 0 Å². The molecule has 1 aliphatic carbocycles. The number of sulfonamides is 1. The van der Waals surface area contributed by atoms with Gasteiger partial charge in [0, 0.05) is 24.0 Å². The average Bonchev–Trinajstić information content (AvgIpc) is 3.29. The second-order valence-corrected chi connectivity index (χ2v) is 7.72. The van der Waals surface area contributed by atoms with E-state index >= 15 is 0 Å². The number of hydrogen-bond acceptors (Lipinski definition) is 3. The Kier molecular flexibility index (Phi) is 5.90. The highest BCUT2D eigenvalue weighted by molar-refractivity contribution is 7.89. The number of ether oxygens (including phenoxy) is 1. The molecule has 0 atom stereocenters. The summed E-state index contributed by atoms with van der Waals surface area (Å²) in [5, 5.41) is 0. The Balaban J connectivity index is 2.12. The number of para-hydroxylation sites is 1. The molecule has 0 N–H and O–H groups in total. The molecular weight excluding hydrogens is 310 g/mol. The van der Waals surface area contributed by atoms with Crippen molar-refractivity contribution in [2.45, 2.75) is 38.3 Å². The molecule has 0 heterocycles. The highest BCUT2D eigenvalue weighted by Crippen LogP contribution is 2.33. The second-order valence-electron chi connectivity index (χ2n) is 5.30. The maximum absolute atomic E-state index is 12.5. The van der Waals surface area contributed by atoms with Crippen molar-refractivity contribution in [2.24, 2.45) is 0 Å². The molecule has 1 aromatic carbocycles. The molecule has 0 amide bonds. The van der Waals surface area contributed by atoms with Crippen molar-refractivity contribution in [1.82, 2.24) is 4.31 Å². The van der Waals surface area contributed by atoms with Gasteiger partial charge in [0.15, 0.2) is 0 Å². The largest absolute Gasteiger partial charge is 0.496 e. The molecule has 21 heavy (non-hydrogen) atoms. The molecule has 2 rings (SSSR count). The molecule has 0 spiro atoms. The van der Waals surface area contributed by atoms with Crippen molar-refractivity contribution in [3.8, 4) is 5.75 Å². The van der Waals surface area contributed by atoms with E-state index in [0.717, 1.165) is 30.6 Å². The summed E-state index contributed by atoms with van der Waals surface area (Å²) in [4.78, 5) is 0. The van der Waals surface area contributed by atoms with Gasteiger partial charge in [-0.15, -0.1) is 11.6 Å². The van der Waals surface area contributed by atoms with E-state index in [2.05, 4.69) is 0 Å². The molecule has 0 bridgehead atoms. The van der Waals surface area contributed by atoms with Crippen LogP contribution in [0.25, 0.3) is 0 Å². The summed E-state index contributed by atoms with van der Waals surface area (Å²) in [6.07, 6.45) is 3.24. The molecule has 118 valence electrons. The van der Waals surface area contributed by atoms with Crippen LogP contribution in [0.15, 0.2) is 24.3 Å². The minimum atomic E-state index is -3.24. The number of methoxy groups -OCH3 is 1. The summed E-state index contributed by atoms with van der Waals surface area (Å²) in [5.74, 6) is 1.41. The van der Waals surface area contributed by atoms with Crippen molar-refractivity contribution in [3.63, 3.8) is 0 Å². The molecule has 0 saturated heterocycles. The van der Waals surface area contributed by atoms with Crippen molar-refractivity contribution in [2.75, 3.05) is 18.7 Å². The summed E-state index contributed by atoms with van der Waals surface area (Å²) < 4.78 is 32.0. The van der Waals surface area contributed by atoms with Crippen molar-refractivity contribution in [1.29, 1.82) is 0 Å². The number of rotatable bonds is 9. The van der Waals surface area contributed by atoms with Gasteiger partial charge in [0.05, 0.1) is 12.9 Å². The maximum Gasteiger partial charge on any atom is 0.214 e. The predicted octanol–water partition coefficient (Wildman–Crippen LogP) is 3.01. The average molecular weight is 332 g/mol. The zero-order valence-electron chi connectivity index (χ0n) is 12.3. The first-order valence-electron chi connectivity index (χ1n) is 7.26. The van der Waals surface area contributed by atoms with E-state index in [4.69, 9.17) is 16.3 Å². The molecule has 0 aromatic heterocycles. The van der Waals surface area contributed by atoms with Gasteiger partial charge in [0.25, 0.3) is 0 Å². The lowest BCUT2D eigenvalue weighted by atomic mass is 10.2. The van der Waals surface area contributed by atoms with Gasteiger partial charge in [0.2, 0.25) is 10.0 Å². The van der Waals surface area contributed by atoms with E-state index in [1.54, 1.807) is 11.4 Å². The highest BCUT2D eigenvalue weighted by Gasteiger charge is 2.37. The second kappa shape index (κ2) is 7.47. The van der Waals surface area contributed by atoms with Crippen LogP contribution < -0.4 is 4.74 Å². The van der Waals surface area contributed by atoms with E-state index < -0.39 is 10.0 Å². The lowest BCUT2D eigenvalue weighted by Gasteiger charge is -2.23. The molecule has 0 radical (unpaired) electrons. The molecule has 4 nitrogen and oxygen atoms in total. The van der Waals surface area contributed by atoms with Crippen LogP contribution in [0.5, 0.6) is 5.75 Å². The monoisotopic (exact) mass is 331 g/mol. The molecule has 0 unspecified atom stereocenters. The van der Waals surface area contributed by atoms with Crippen molar-refractivity contribution >= 4 is 21.6 Å². The fourth-order valence-corrected chi connectivity index (χ4v) is 4.31. The van der Waals surface area contributed by atoms with Crippen LogP contribution in [0.3, 0.4) is 0 Å². The highest BCUT2D eigenvalue weighted by atomic mass is 35.5. The Bertz CT molecular complexity index is 558. The van der Waals surface area contributed by atoms with Gasteiger partial charge in [-0.05, 0) is 31.7 Å². The van der Waals surface area contributed by atoms with Crippen LogP contribution in [0.2, 0.25) is 0 Å². The van der Waals surface area contributed by atoms with Crippen LogP contribution in [0, 0.1) is 0 Å². The quantitative estimate of drug-likeness (QED) is 0.516. The SMILES string of the molecule is COc1ccccc1CN(C1CC1)S(=O)(=O)CCCCCl. The summed E-state index contributed by atoms with van der Waals surface area (Å²) in [6.45, 7) is 0.387. The summed E-state index contributed by atoms with van der Waals surface area (Å²) in [5.41, 5.74) is 0.910. The number of benzene rings is 1. The Hall–Kier alpha value is -0.780. The van der Waals surface area contributed by atoms with Crippen LogP contribution in [0.4, 0.5) is 0 Å². The van der Waals surface area contributed by atoms with Crippen molar-refractivity contribution < 1.29 is 13.2 Å². The van der Waals surface area contributed by atoms with E-state index in [-0.39, 0.29) is 11.8 Å². The third-order valence-corrected chi connectivity index (χ3v) is 5.83. The third kappa shape index (κ3) is 4.59. The van der Waals surface area contributed by atoms with Crippen LogP contribution in [-0.4, -0.2) is 37.5 Å². The van der Waals surface area contributed by atoms with Gasteiger partial charge < -0.3 is 4.74 Å². The van der Waals surface area contributed by atoms with Crippen molar-refractivity contribution in [3.05, 3.63) is 29.8 Å². The zero-order chi connectivity index (χ0) is 15.3. The number of halogens is 1. The number of alkyl halides is 1. The van der Waals surface area contributed by atoms with E-state index in [0.29, 0.717) is 18.8 Å². The molecule has 1 saturated carbocycles. The van der Waals surface area contributed by atoms with Gasteiger partial charge in [-0.25, -0.2) is 8.42 Å². The normalized spacial score (nSPS) is 15.4. The van der Waals surface area contributed by atoms with Crippen LogP contribution >= 0.6 is 11.6 Å². The van der Waals surface area contributed by atoms with Gasteiger partial charge in [-0.1, -0.05) is 18.2 Å². The van der Waals surface area contributed by atoms with E-state index in [1.165, 1.54) is 0 Å². The van der Waals surface area contributed by atoms with Gasteiger partial charge in [0.1, 0.15) is 5.75 Å². The number of unbranched alkanes of at least 4 members (excludes halogenated alkanes) is 1. The fourth-order valence-electron chi connectivity index (χ4n) is 2.31.